The van der Waals surface area contributed by atoms with Crippen molar-refractivity contribution in [3.05, 3.63) is 0 Å². The smallest absolute Gasteiger partial charge is 0.150 e. The van der Waals surface area contributed by atoms with Gasteiger partial charge >= 0.3 is 0 Å². The lowest BCUT2D eigenvalue weighted by molar-refractivity contribution is 0.290. The van der Waals surface area contributed by atoms with E-state index in [1.165, 1.54) is 25.7 Å². The van der Waals surface area contributed by atoms with E-state index in [-0.39, 0.29) is 11.8 Å². The number of nitrogens with two attached hydrogens (primary N) is 1. The second-order valence-electron chi connectivity index (χ2n) is 6.31. The Bertz CT molecular complexity index is 366. The van der Waals surface area contributed by atoms with E-state index in [1.54, 1.807) is 6.92 Å². The Morgan fingerprint density at radius 3 is 2.61 bits per heavy atom. The molecule has 2 rings (SSSR count). The van der Waals surface area contributed by atoms with Crippen LogP contribution in [0.5, 0.6) is 0 Å². The second-order valence-corrected chi connectivity index (χ2v) is 8.78. The van der Waals surface area contributed by atoms with Gasteiger partial charge in [-0.25, -0.2) is 8.42 Å². The highest BCUT2D eigenvalue weighted by molar-refractivity contribution is 7.91. The Balaban J connectivity index is 1.65. The zero-order chi connectivity index (χ0) is 13.2. The Morgan fingerprint density at radius 1 is 1.28 bits per heavy atom. The summed E-state index contributed by atoms with van der Waals surface area (Å²) in [5.41, 5.74) is 6.16. The maximum atomic E-state index is 11.4. The third kappa shape index (κ3) is 3.70. The first-order valence-electron chi connectivity index (χ1n) is 7.46. The highest BCUT2D eigenvalue weighted by atomic mass is 32.2. The molecular weight excluding hydrogens is 246 g/mol. The number of sulfone groups is 1. The normalized spacial score (nSPS) is 32.9. The predicted octanol–water partition coefficient (Wildman–Crippen LogP) is 2.35. The van der Waals surface area contributed by atoms with Crippen molar-refractivity contribution in [1.82, 2.24) is 0 Å². The minimum absolute atomic E-state index is 0.210. The molecule has 2 aliphatic rings. The zero-order valence-electron chi connectivity index (χ0n) is 11.5. The molecule has 2 aliphatic carbocycles. The molecule has 3 nitrogen and oxygen atoms in total. The molecule has 0 spiro atoms. The Hall–Kier alpha value is -0.0900. The van der Waals surface area contributed by atoms with Gasteiger partial charge in [0.15, 0.2) is 0 Å². The summed E-state index contributed by atoms with van der Waals surface area (Å²) in [6, 6.07) is 0.210. The van der Waals surface area contributed by atoms with E-state index in [2.05, 4.69) is 0 Å². The van der Waals surface area contributed by atoms with Crippen LogP contribution in [-0.2, 0) is 9.84 Å². The van der Waals surface area contributed by atoms with E-state index in [1.807, 2.05) is 0 Å². The maximum Gasteiger partial charge on any atom is 0.150 e. The minimum atomic E-state index is -2.81. The van der Waals surface area contributed by atoms with E-state index < -0.39 is 9.84 Å². The van der Waals surface area contributed by atoms with E-state index in [4.69, 9.17) is 5.73 Å². The van der Waals surface area contributed by atoms with Gasteiger partial charge in [-0.05, 0) is 56.3 Å². The van der Waals surface area contributed by atoms with Crippen LogP contribution >= 0.6 is 0 Å². The second kappa shape index (κ2) is 5.91. The summed E-state index contributed by atoms with van der Waals surface area (Å²) < 4.78 is 22.8. The van der Waals surface area contributed by atoms with Gasteiger partial charge in [-0.1, -0.05) is 13.3 Å². The lowest BCUT2D eigenvalue weighted by Gasteiger charge is -2.24. The fraction of sp³-hybridized carbons (Fsp3) is 1.00. The van der Waals surface area contributed by atoms with Crippen LogP contribution in [0.4, 0.5) is 0 Å². The van der Waals surface area contributed by atoms with Crippen LogP contribution in [0.15, 0.2) is 0 Å². The average Bonchev–Trinajstić information content (AvgIpc) is 2.90. The molecule has 4 heteroatoms. The lowest BCUT2D eigenvalue weighted by Crippen LogP contribution is -2.26. The molecule has 0 amide bonds. The van der Waals surface area contributed by atoms with Crippen molar-refractivity contribution in [3.8, 4) is 0 Å². The monoisotopic (exact) mass is 273 g/mol. The van der Waals surface area contributed by atoms with E-state index in [0.717, 1.165) is 37.0 Å². The van der Waals surface area contributed by atoms with Crippen LogP contribution in [0.25, 0.3) is 0 Å². The summed E-state index contributed by atoms with van der Waals surface area (Å²) >= 11 is 0. The summed E-state index contributed by atoms with van der Waals surface area (Å²) in [6.07, 6.45) is 8.38. The largest absolute Gasteiger partial charge is 0.328 e. The van der Waals surface area contributed by atoms with Crippen molar-refractivity contribution in [2.45, 2.75) is 57.9 Å². The fourth-order valence-electron chi connectivity index (χ4n) is 3.88. The topological polar surface area (TPSA) is 60.2 Å². The van der Waals surface area contributed by atoms with Gasteiger partial charge in [0.25, 0.3) is 0 Å². The molecule has 2 fully saturated rings. The Labute approximate surface area is 111 Å². The van der Waals surface area contributed by atoms with Crippen molar-refractivity contribution < 1.29 is 8.42 Å². The molecule has 2 saturated carbocycles. The minimum Gasteiger partial charge on any atom is -0.328 e. The fourth-order valence-corrected chi connectivity index (χ4v) is 4.78. The molecule has 0 aromatic carbocycles. The molecule has 0 saturated heterocycles. The summed E-state index contributed by atoms with van der Waals surface area (Å²) in [5.74, 6) is 3.32. The molecule has 4 atom stereocenters. The van der Waals surface area contributed by atoms with Gasteiger partial charge in [0.2, 0.25) is 0 Å². The van der Waals surface area contributed by atoms with Crippen LogP contribution in [0.3, 0.4) is 0 Å². The molecule has 0 heterocycles. The van der Waals surface area contributed by atoms with Crippen LogP contribution in [0, 0.1) is 17.8 Å². The van der Waals surface area contributed by atoms with Crippen molar-refractivity contribution >= 4 is 9.84 Å². The number of hydrogen-bond donors (Lipinski definition) is 1. The molecule has 0 aromatic rings. The lowest BCUT2D eigenvalue weighted by atomic mass is 9.83. The number of hydrogen-bond acceptors (Lipinski definition) is 3. The standard InChI is InChI=1S/C14H27NO2S/c1-2-18(16,17)7-3-4-14(15)10-13-9-11-5-6-12(13)8-11/h11-14H,2-10,15H2,1H3. The van der Waals surface area contributed by atoms with Crippen LogP contribution in [-0.4, -0.2) is 26.0 Å². The Kier molecular flexibility index (Phi) is 4.70. The third-order valence-corrected chi connectivity index (χ3v) is 6.75. The van der Waals surface area contributed by atoms with Gasteiger partial charge in [0.05, 0.1) is 5.75 Å². The summed E-state index contributed by atoms with van der Waals surface area (Å²) in [5, 5.41) is 0. The number of rotatable bonds is 7. The first-order chi connectivity index (χ1) is 8.50. The van der Waals surface area contributed by atoms with Crippen molar-refractivity contribution in [3.63, 3.8) is 0 Å². The van der Waals surface area contributed by atoms with Gasteiger partial charge in [-0.3, -0.25) is 0 Å². The molecule has 18 heavy (non-hydrogen) atoms. The highest BCUT2D eigenvalue weighted by Crippen LogP contribution is 2.49. The van der Waals surface area contributed by atoms with E-state index in [0.29, 0.717) is 5.75 Å². The molecule has 0 aliphatic heterocycles. The average molecular weight is 273 g/mol. The van der Waals surface area contributed by atoms with Gasteiger partial charge < -0.3 is 5.73 Å². The van der Waals surface area contributed by atoms with Gasteiger partial charge in [-0.15, -0.1) is 0 Å². The van der Waals surface area contributed by atoms with Crippen LogP contribution in [0.2, 0.25) is 0 Å². The predicted molar refractivity (Wildman–Crippen MR) is 75.1 cm³/mol. The molecule has 0 aromatic heterocycles. The first-order valence-corrected chi connectivity index (χ1v) is 9.28. The van der Waals surface area contributed by atoms with E-state index >= 15 is 0 Å². The first kappa shape index (κ1) is 14.3. The van der Waals surface area contributed by atoms with Crippen molar-refractivity contribution in [1.29, 1.82) is 0 Å². The zero-order valence-corrected chi connectivity index (χ0v) is 12.3. The summed E-state index contributed by atoms with van der Waals surface area (Å²) in [4.78, 5) is 0. The van der Waals surface area contributed by atoms with Gasteiger partial charge in [0.1, 0.15) is 9.84 Å². The highest BCUT2D eigenvalue weighted by Gasteiger charge is 2.39. The third-order valence-electron chi connectivity index (χ3n) is 4.96. The van der Waals surface area contributed by atoms with E-state index in [9.17, 15) is 8.42 Å². The summed E-state index contributed by atoms with van der Waals surface area (Å²) in [6.45, 7) is 1.71. The van der Waals surface area contributed by atoms with Crippen molar-refractivity contribution in [2.24, 2.45) is 23.5 Å². The number of fused-ring (bicyclic) bond motifs is 2. The SMILES string of the molecule is CCS(=O)(=O)CCCC(N)CC1CC2CCC1C2. The quantitative estimate of drug-likeness (QED) is 0.774. The van der Waals surface area contributed by atoms with Crippen LogP contribution < -0.4 is 5.73 Å². The van der Waals surface area contributed by atoms with Gasteiger partial charge in [-0.2, -0.15) is 0 Å². The molecular formula is C14H27NO2S. The van der Waals surface area contributed by atoms with Gasteiger partial charge in [0, 0.05) is 11.8 Å². The molecule has 0 radical (unpaired) electrons. The maximum absolute atomic E-state index is 11.4. The summed E-state index contributed by atoms with van der Waals surface area (Å²) in [7, 11) is -2.81. The molecule has 4 unspecified atom stereocenters. The molecule has 2 N–H and O–H groups in total. The molecule has 106 valence electrons. The Morgan fingerprint density at radius 2 is 2.06 bits per heavy atom. The van der Waals surface area contributed by atoms with Crippen molar-refractivity contribution in [2.75, 3.05) is 11.5 Å². The molecule has 2 bridgehead atoms. The van der Waals surface area contributed by atoms with Crippen LogP contribution in [0.1, 0.15) is 51.9 Å².